The van der Waals surface area contributed by atoms with Crippen LogP contribution < -0.4 is 4.74 Å². The first-order valence-corrected chi connectivity index (χ1v) is 5.85. The number of benzene rings is 1. The smallest absolute Gasteiger partial charge is 0.217 e. The molecule has 0 aliphatic carbocycles. The lowest BCUT2D eigenvalue weighted by atomic mass is 10.0. The highest BCUT2D eigenvalue weighted by molar-refractivity contribution is 6.09. The highest BCUT2D eigenvalue weighted by atomic mass is 16.5. The van der Waals surface area contributed by atoms with Gasteiger partial charge in [0.25, 0.3) is 0 Å². The molecule has 96 valence electrons. The van der Waals surface area contributed by atoms with Crippen molar-refractivity contribution in [3.63, 3.8) is 0 Å². The normalized spacial score (nSPS) is 17.0. The van der Waals surface area contributed by atoms with Crippen molar-refractivity contribution in [2.24, 2.45) is 4.99 Å². The van der Waals surface area contributed by atoms with Crippen LogP contribution in [0.5, 0.6) is 5.75 Å². The Balaban J connectivity index is 2.55. The van der Waals surface area contributed by atoms with Gasteiger partial charge in [-0.1, -0.05) is 6.07 Å². The predicted molar refractivity (Wildman–Crippen MR) is 69.6 cm³/mol. The summed E-state index contributed by atoms with van der Waals surface area (Å²) in [5.41, 5.74) is 0.982. The summed E-state index contributed by atoms with van der Waals surface area (Å²) in [7, 11) is 1.55. The minimum Gasteiger partial charge on any atom is -0.496 e. The molecule has 18 heavy (non-hydrogen) atoms. The molecule has 0 amide bonds. The van der Waals surface area contributed by atoms with Gasteiger partial charge in [0.15, 0.2) is 5.78 Å². The number of carbonyl (C=O) groups is 1. The Labute approximate surface area is 107 Å². The van der Waals surface area contributed by atoms with E-state index in [1.807, 2.05) is 26.0 Å². The molecule has 1 heterocycles. The predicted octanol–water partition coefficient (Wildman–Crippen LogP) is 2.45. The van der Waals surface area contributed by atoms with E-state index in [0.29, 0.717) is 29.4 Å². The molecular weight excluding hydrogens is 230 g/mol. The lowest BCUT2D eigenvalue weighted by molar-refractivity contribution is 0.101. The number of nitrogens with zero attached hydrogens (tertiary/aromatic N) is 1. The Kier molecular flexibility index (Phi) is 3.11. The van der Waals surface area contributed by atoms with Gasteiger partial charge < -0.3 is 9.47 Å². The van der Waals surface area contributed by atoms with Gasteiger partial charge in [-0.2, -0.15) is 0 Å². The molecule has 0 unspecified atom stereocenters. The zero-order valence-electron chi connectivity index (χ0n) is 11.1. The third kappa shape index (κ3) is 2.23. The monoisotopic (exact) mass is 247 g/mol. The third-order valence-corrected chi connectivity index (χ3v) is 2.79. The molecule has 0 bridgehead atoms. The van der Waals surface area contributed by atoms with Crippen molar-refractivity contribution in [1.29, 1.82) is 0 Å². The fourth-order valence-corrected chi connectivity index (χ4v) is 1.96. The van der Waals surface area contributed by atoms with Crippen LogP contribution in [0.2, 0.25) is 0 Å². The lowest BCUT2D eigenvalue weighted by Gasteiger charge is -2.10. The van der Waals surface area contributed by atoms with Gasteiger partial charge in [-0.25, -0.2) is 4.99 Å². The van der Waals surface area contributed by atoms with Gasteiger partial charge in [0.2, 0.25) is 5.90 Å². The van der Waals surface area contributed by atoms with Crippen LogP contribution in [0.15, 0.2) is 23.2 Å². The standard InChI is InChI=1S/C14H17NO3/c1-9(16)12-10(6-5-7-11(12)17-4)13-15-14(2,3)8-18-13/h5-7H,8H2,1-4H3. The van der Waals surface area contributed by atoms with E-state index in [9.17, 15) is 4.79 Å². The van der Waals surface area contributed by atoms with E-state index < -0.39 is 0 Å². The molecule has 2 rings (SSSR count). The van der Waals surface area contributed by atoms with Crippen molar-refractivity contribution in [2.75, 3.05) is 13.7 Å². The molecule has 1 aromatic carbocycles. The van der Waals surface area contributed by atoms with Crippen LogP contribution >= 0.6 is 0 Å². The van der Waals surface area contributed by atoms with E-state index in [4.69, 9.17) is 9.47 Å². The fraction of sp³-hybridized carbons (Fsp3) is 0.429. The number of ketones is 1. The molecule has 0 saturated carbocycles. The van der Waals surface area contributed by atoms with E-state index in [-0.39, 0.29) is 11.3 Å². The first kappa shape index (κ1) is 12.6. The zero-order chi connectivity index (χ0) is 13.3. The second-order valence-electron chi connectivity index (χ2n) is 4.96. The van der Waals surface area contributed by atoms with Gasteiger partial charge in [0, 0.05) is 0 Å². The van der Waals surface area contributed by atoms with E-state index in [2.05, 4.69) is 4.99 Å². The maximum atomic E-state index is 11.8. The third-order valence-electron chi connectivity index (χ3n) is 2.79. The number of carbonyl (C=O) groups excluding carboxylic acids is 1. The molecule has 0 radical (unpaired) electrons. The van der Waals surface area contributed by atoms with Crippen molar-refractivity contribution in [1.82, 2.24) is 0 Å². The summed E-state index contributed by atoms with van der Waals surface area (Å²) in [4.78, 5) is 16.3. The second-order valence-corrected chi connectivity index (χ2v) is 4.96. The van der Waals surface area contributed by atoms with Gasteiger partial charge in [-0.05, 0) is 32.9 Å². The van der Waals surface area contributed by atoms with Crippen LogP contribution in [-0.2, 0) is 4.74 Å². The van der Waals surface area contributed by atoms with Gasteiger partial charge in [-0.15, -0.1) is 0 Å². The number of hydrogen-bond acceptors (Lipinski definition) is 4. The van der Waals surface area contributed by atoms with Gasteiger partial charge in [0.05, 0.1) is 23.8 Å². The maximum absolute atomic E-state index is 11.8. The first-order chi connectivity index (χ1) is 8.44. The van der Waals surface area contributed by atoms with E-state index in [0.717, 1.165) is 0 Å². The second kappa shape index (κ2) is 4.44. The molecular formula is C14H17NO3. The van der Waals surface area contributed by atoms with Gasteiger partial charge >= 0.3 is 0 Å². The number of rotatable bonds is 3. The summed E-state index contributed by atoms with van der Waals surface area (Å²) in [6, 6.07) is 5.43. The highest BCUT2D eigenvalue weighted by Gasteiger charge is 2.29. The minimum atomic E-state index is -0.244. The van der Waals surface area contributed by atoms with Crippen molar-refractivity contribution < 1.29 is 14.3 Å². The Morgan fingerprint density at radius 3 is 2.67 bits per heavy atom. The zero-order valence-corrected chi connectivity index (χ0v) is 11.1. The number of ether oxygens (including phenoxy) is 2. The Hall–Kier alpha value is -1.84. The molecule has 0 saturated heterocycles. The van der Waals surface area contributed by atoms with Crippen molar-refractivity contribution in [3.05, 3.63) is 29.3 Å². The summed E-state index contributed by atoms with van der Waals surface area (Å²) in [5.74, 6) is 1.01. The lowest BCUT2D eigenvalue weighted by Crippen LogP contribution is -2.17. The van der Waals surface area contributed by atoms with E-state index in [1.165, 1.54) is 6.92 Å². The number of Topliss-reactive ketones (excluding diaryl/α,β-unsaturated/α-hetero) is 1. The Bertz CT molecular complexity index is 518. The molecule has 0 aromatic heterocycles. The van der Waals surface area contributed by atoms with Crippen molar-refractivity contribution in [3.8, 4) is 5.75 Å². The van der Waals surface area contributed by atoms with Crippen LogP contribution in [0.1, 0.15) is 36.7 Å². The van der Waals surface area contributed by atoms with Crippen LogP contribution in [0.25, 0.3) is 0 Å². The molecule has 0 atom stereocenters. The molecule has 1 aliphatic rings. The van der Waals surface area contributed by atoms with Crippen LogP contribution in [0.3, 0.4) is 0 Å². The molecule has 1 aromatic rings. The van der Waals surface area contributed by atoms with Crippen LogP contribution in [0.4, 0.5) is 0 Å². The molecule has 4 nitrogen and oxygen atoms in total. The highest BCUT2D eigenvalue weighted by Crippen LogP contribution is 2.27. The average Bonchev–Trinajstić information content (AvgIpc) is 2.68. The molecule has 0 spiro atoms. The summed E-state index contributed by atoms with van der Waals surface area (Å²) >= 11 is 0. The van der Waals surface area contributed by atoms with E-state index >= 15 is 0 Å². The molecule has 0 fully saturated rings. The molecule has 1 aliphatic heterocycles. The summed E-state index contributed by atoms with van der Waals surface area (Å²) in [6.45, 7) is 6.03. The SMILES string of the molecule is COc1cccc(C2=NC(C)(C)CO2)c1C(C)=O. The fourth-order valence-electron chi connectivity index (χ4n) is 1.96. The van der Waals surface area contributed by atoms with Crippen molar-refractivity contribution >= 4 is 11.7 Å². The van der Waals surface area contributed by atoms with Gasteiger partial charge in [0.1, 0.15) is 12.4 Å². The maximum Gasteiger partial charge on any atom is 0.217 e. The number of methoxy groups -OCH3 is 1. The number of hydrogen-bond donors (Lipinski definition) is 0. The van der Waals surface area contributed by atoms with Crippen molar-refractivity contribution in [2.45, 2.75) is 26.3 Å². The summed E-state index contributed by atoms with van der Waals surface area (Å²) in [5, 5.41) is 0. The Morgan fingerprint density at radius 1 is 1.44 bits per heavy atom. The van der Waals surface area contributed by atoms with Gasteiger partial charge in [-0.3, -0.25) is 4.79 Å². The first-order valence-electron chi connectivity index (χ1n) is 5.85. The summed E-state index contributed by atoms with van der Waals surface area (Å²) in [6.07, 6.45) is 0. The average molecular weight is 247 g/mol. The largest absolute Gasteiger partial charge is 0.496 e. The molecule has 4 heteroatoms. The Morgan fingerprint density at radius 2 is 2.17 bits per heavy atom. The topological polar surface area (TPSA) is 47.9 Å². The van der Waals surface area contributed by atoms with E-state index in [1.54, 1.807) is 13.2 Å². The summed E-state index contributed by atoms with van der Waals surface area (Å²) < 4.78 is 10.8. The molecule has 0 N–H and O–H groups in total. The number of aliphatic imine (C=N–C) groups is 1. The quantitative estimate of drug-likeness (QED) is 0.771. The minimum absolute atomic E-state index is 0.0570. The van der Waals surface area contributed by atoms with Crippen LogP contribution in [-0.4, -0.2) is 30.9 Å². The van der Waals surface area contributed by atoms with Crippen LogP contribution in [0, 0.1) is 0 Å².